The quantitative estimate of drug-likeness (QED) is 0.613. The molecule has 0 spiro atoms. The number of piperazine rings is 1. The van der Waals surface area contributed by atoms with Crippen LogP contribution >= 0.6 is 0 Å². The van der Waals surface area contributed by atoms with Crippen LogP contribution in [0.5, 0.6) is 11.5 Å². The van der Waals surface area contributed by atoms with Crippen LogP contribution in [0.25, 0.3) is 0 Å². The standard InChI is InChI=1S/C11H13N3O6S/c15-14(16)8-5-9-10(20-7-19-9)6-11(8)21(17,18)13-3-1-12-2-4-13/h5-6,12H,1-4,7H2. The van der Waals surface area contributed by atoms with Crippen LogP contribution in [0.2, 0.25) is 0 Å². The summed E-state index contributed by atoms with van der Waals surface area (Å²) in [4.78, 5) is 10.1. The number of nitro benzene ring substituents is 1. The fraction of sp³-hybridized carbons (Fsp3) is 0.455. The summed E-state index contributed by atoms with van der Waals surface area (Å²) in [5.74, 6) is 0.385. The lowest BCUT2D eigenvalue weighted by Gasteiger charge is -2.26. The largest absolute Gasteiger partial charge is 0.454 e. The van der Waals surface area contributed by atoms with E-state index in [1.807, 2.05) is 0 Å². The summed E-state index contributed by atoms with van der Waals surface area (Å²) in [6, 6.07) is 2.26. The number of fused-ring (bicyclic) bond motifs is 1. The Labute approximate surface area is 120 Å². The molecule has 0 aliphatic carbocycles. The summed E-state index contributed by atoms with van der Waals surface area (Å²) in [5, 5.41) is 14.2. The molecule has 3 rings (SSSR count). The van der Waals surface area contributed by atoms with E-state index in [1.54, 1.807) is 0 Å². The number of benzene rings is 1. The van der Waals surface area contributed by atoms with Gasteiger partial charge in [-0.2, -0.15) is 4.31 Å². The third kappa shape index (κ3) is 2.41. The molecule has 1 aromatic carbocycles. The molecular formula is C11H13N3O6S. The van der Waals surface area contributed by atoms with Crippen molar-refractivity contribution < 1.29 is 22.8 Å². The number of sulfonamides is 1. The van der Waals surface area contributed by atoms with Crippen LogP contribution in [0.1, 0.15) is 0 Å². The second kappa shape index (κ2) is 5.13. The second-order valence-corrected chi connectivity index (χ2v) is 6.49. The number of nitro groups is 1. The van der Waals surface area contributed by atoms with Crippen LogP contribution in [0.4, 0.5) is 5.69 Å². The van der Waals surface area contributed by atoms with Crippen LogP contribution in [0.3, 0.4) is 0 Å². The molecule has 0 amide bonds. The van der Waals surface area contributed by atoms with E-state index in [-0.39, 0.29) is 36.3 Å². The molecule has 1 aromatic rings. The van der Waals surface area contributed by atoms with Crippen molar-refractivity contribution in [3.8, 4) is 11.5 Å². The molecule has 1 N–H and O–H groups in total. The van der Waals surface area contributed by atoms with Crippen molar-refractivity contribution in [3.05, 3.63) is 22.2 Å². The Kier molecular flexibility index (Phi) is 3.43. The van der Waals surface area contributed by atoms with E-state index in [2.05, 4.69) is 5.32 Å². The van der Waals surface area contributed by atoms with Crippen LogP contribution < -0.4 is 14.8 Å². The van der Waals surface area contributed by atoms with E-state index in [4.69, 9.17) is 9.47 Å². The summed E-state index contributed by atoms with van der Waals surface area (Å²) < 4.78 is 36.6. The van der Waals surface area contributed by atoms with Gasteiger partial charge >= 0.3 is 0 Å². The summed E-state index contributed by atoms with van der Waals surface area (Å²) in [7, 11) is -3.94. The number of nitrogens with zero attached hydrogens (tertiary/aromatic N) is 2. The molecule has 9 nitrogen and oxygen atoms in total. The lowest BCUT2D eigenvalue weighted by Crippen LogP contribution is -2.46. The Hall–Kier alpha value is -1.91. The summed E-state index contributed by atoms with van der Waals surface area (Å²) in [6.45, 7) is 1.49. The molecule has 0 radical (unpaired) electrons. The summed E-state index contributed by atoms with van der Waals surface area (Å²) >= 11 is 0. The number of rotatable bonds is 3. The molecule has 2 heterocycles. The van der Waals surface area contributed by atoms with E-state index in [0.717, 1.165) is 12.1 Å². The molecule has 0 atom stereocenters. The minimum absolute atomic E-state index is 0.0797. The maximum atomic E-state index is 12.6. The maximum absolute atomic E-state index is 12.6. The molecule has 0 unspecified atom stereocenters. The average molecular weight is 315 g/mol. The van der Waals surface area contributed by atoms with Crippen LogP contribution in [-0.4, -0.2) is 50.6 Å². The van der Waals surface area contributed by atoms with E-state index >= 15 is 0 Å². The van der Waals surface area contributed by atoms with Crippen molar-refractivity contribution in [1.29, 1.82) is 0 Å². The zero-order chi connectivity index (χ0) is 15.0. The normalized spacial score (nSPS) is 18.7. The molecule has 0 bridgehead atoms. The predicted molar refractivity (Wildman–Crippen MR) is 70.8 cm³/mol. The topological polar surface area (TPSA) is 111 Å². The van der Waals surface area contributed by atoms with Crippen LogP contribution in [0.15, 0.2) is 17.0 Å². The molecule has 10 heteroatoms. The van der Waals surface area contributed by atoms with Gasteiger partial charge in [0, 0.05) is 32.2 Å². The van der Waals surface area contributed by atoms with Crippen molar-refractivity contribution in [2.45, 2.75) is 4.90 Å². The van der Waals surface area contributed by atoms with Gasteiger partial charge < -0.3 is 14.8 Å². The van der Waals surface area contributed by atoms with E-state index in [0.29, 0.717) is 13.1 Å². The van der Waals surface area contributed by atoms with Crippen LogP contribution in [0, 0.1) is 10.1 Å². The predicted octanol–water partition coefficient (Wildman–Crippen LogP) is -0.0826. The minimum atomic E-state index is -3.94. The first-order valence-corrected chi connectivity index (χ1v) is 7.73. The van der Waals surface area contributed by atoms with Gasteiger partial charge in [0.15, 0.2) is 16.4 Å². The fourth-order valence-electron chi connectivity index (χ4n) is 2.29. The molecule has 114 valence electrons. The Morgan fingerprint density at radius 3 is 2.43 bits per heavy atom. The van der Waals surface area contributed by atoms with Crippen molar-refractivity contribution in [1.82, 2.24) is 9.62 Å². The van der Waals surface area contributed by atoms with Gasteiger partial charge in [0.25, 0.3) is 5.69 Å². The van der Waals surface area contributed by atoms with Crippen LogP contribution in [-0.2, 0) is 10.0 Å². The van der Waals surface area contributed by atoms with E-state index < -0.39 is 20.6 Å². The molecule has 2 aliphatic rings. The Morgan fingerprint density at radius 1 is 1.19 bits per heavy atom. The SMILES string of the molecule is O=[N+]([O-])c1cc2c(cc1S(=O)(=O)N1CCNCC1)OCO2. The van der Waals surface area contributed by atoms with Gasteiger partial charge in [0.05, 0.1) is 11.0 Å². The third-order valence-electron chi connectivity index (χ3n) is 3.34. The first kappa shape index (κ1) is 14.0. The molecule has 0 saturated carbocycles. The lowest BCUT2D eigenvalue weighted by atomic mass is 10.3. The summed E-state index contributed by atoms with van der Waals surface area (Å²) in [5.41, 5.74) is -0.502. The third-order valence-corrected chi connectivity index (χ3v) is 5.27. The molecule has 21 heavy (non-hydrogen) atoms. The number of hydrogen-bond donors (Lipinski definition) is 1. The van der Waals surface area contributed by atoms with Gasteiger partial charge in [-0.15, -0.1) is 0 Å². The number of ether oxygens (including phenoxy) is 2. The van der Waals surface area contributed by atoms with Gasteiger partial charge in [-0.1, -0.05) is 0 Å². The Bertz CT molecular complexity index is 683. The zero-order valence-electron chi connectivity index (χ0n) is 10.9. The first-order valence-electron chi connectivity index (χ1n) is 6.29. The van der Waals surface area contributed by atoms with E-state index in [1.165, 1.54) is 4.31 Å². The summed E-state index contributed by atoms with van der Waals surface area (Å²) in [6.07, 6.45) is 0. The van der Waals surface area contributed by atoms with Gasteiger partial charge in [-0.3, -0.25) is 10.1 Å². The lowest BCUT2D eigenvalue weighted by molar-refractivity contribution is -0.387. The Balaban J connectivity index is 2.10. The van der Waals surface area contributed by atoms with Crippen molar-refractivity contribution in [2.24, 2.45) is 0 Å². The van der Waals surface area contributed by atoms with E-state index in [9.17, 15) is 18.5 Å². The first-order chi connectivity index (χ1) is 10.00. The maximum Gasteiger partial charge on any atom is 0.293 e. The van der Waals surface area contributed by atoms with Crippen molar-refractivity contribution >= 4 is 15.7 Å². The molecule has 1 fully saturated rings. The smallest absolute Gasteiger partial charge is 0.293 e. The van der Waals surface area contributed by atoms with Gasteiger partial charge in [-0.25, -0.2) is 8.42 Å². The minimum Gasteiger partial charge on any atom is -0.454 e. The number of hydrogen-bond acceptors (Lipinski definition) is 7. The highest BCUT2D eigenvalue weighted by atomic mass is 32.2. The molecule has 1 saturated heterocycles. The zero-order valence-corrected chi connectivity index (χ0v) is 11.8. The fourth-order valence-corrected chi connectivity index (χ4v) is 3.88. The highest BCUT2D eigenvalue weighted by Crippen LogP contribution is 2.40. The van der Waals surface area contributed by atoms with Gasteiger partial charge in [0.1, 0.15) is 0 Å². The van der Waals surface area contributed by atoms with Crippen molar-refractivity contribution in [2.75, 3.05) is 33.0 Å². The Morgan fingerprint density at radius 2 is 1.81 bits per heavy atom. The second-order valence-electron chi connectivity index (χ2n) is 4.58. The monoisotopic (exact) mass is 315 g/mol. The van der Waals surface area contributed by atoms with Crippen molar-refractivity contribution in [3.63, 3.8) is 0 Å². The van der Waals surface area contributed by atoms with Gasteiger partial charge in [-0.05, 0) is 0 Å². The highest BCUT2D eigenvalue weighted by molar-refractivity contribution is 7.89. The molecular weight excluding hydrogens is 302 g/mol. The molecule has 0 aromatic heterocycles. The average Bonchev–Trinajstić information content (AvgIpc) is 2.94. The molecule has 2 aliphatic heterocycles. The highest BCUT2D eigenvalue weighted by Gasteiger charge is 2.35. The number of nitrogens with one attached hydrogen (secondary N) is 1. The van der Waals surface area contributed by atoms with Gasteiger partial charge in [0.2, 0.25) is 16.8 Å².